The van der Waals surface area contributed by atoms with Crippen molar-refractivity contribution >= 4 is 33.2 Å². The molecule has 1 atom stereocenters. The number of guanidine groups is 1. The van der Waals surface area contributed by atoms with Crippen molar-refractivity contribution in [3.8, 4) is 0 Å². The molecule has 0 aliphatic rings. The standard InChI is InChI=1S/C16H21BrN4S/c1-11-10-20-15(22-11)8-9-19-16(18-3)21-12(2)13-6-4-5-7-14(13)17/h4-7,10,12H,8-9H2,1-3H3,(H2,18,19,21). The average molecular weight is 381 g/mol. The van der Waals surface area contributed by atoms with Crippen LogP contribution in [0, 0.1) is 6.92 Å². The first-order valence-electron chi connectivity index (χ1n) is 7.23. The Labute approximate surface area is 144 Å². The molecule has 0 saturated heterocycles. The van der Waals surface area contributed by atoms with Crippen LogP contribution in [0.2, 0.25) is 0 Å². The molecule has 1 heterocycles. The van der Waals surface area contributed by atoms with Gasteiger partial charge in [-0.05, 0) is 25.5 Å². The maximum Gasteiger partial charge on any atom is 0.191 e. The van der Waals surface area contributed by atoms with Crippen molar-refractivity contribution in [1.29, 1.82) is 0 Å². The number of aryl methyl sites for hydroxylation is 1. The Morgan fingerprint density at radius 2 is 2.18 bits per heavy atom. The van der Waals surface area contributed by atoms with Crippen molar-refractivity contribution in [2.45, 2.75) is 26.3 Å². The third-order valence-corrected chi connectivity index (χ3v) is 4.94. The summed E-state index contributed by atoms with van der Waals surface area (Å²) in [5.41, 5.74) is 1.21. The number of benzene rings is 1. The largest absolute Gasteiger partial charge is 0.356 e. The lowest BCUT2D eigenvalue weighted by atomic mass is 10.1. The van der Waals surface area contributed by atoms with Crippen LogP contribution in [-0.2, 0) is 6.42 Å². The van der Waals surface area contributed by atoms with Gasteiger partial charge in [-0.25, -0.2) is 4.98 Å². The predicted octanol–water partition coefficient (Wildman–Crippen LogP) is 3.68. The minimum absolute atomic E-state index is 0.170. The molecule has 0 spiro atoms. The van der Waals surface area contributed by atoms with Crippen LogP contribution in [0.5, 0.6) is 0 Å². The van der Waals surface area contributed by atoms with Gasteiger partial charge in [-0.3, -0.25) is 4.99 Å². The zero-order valence-corrected chi connectivity index (χ0v) is 15.5. The fourth-order valence-electron chi connectivity index (χ4n) is 2.11. The third kappa shape index (κ3) is 4.81. The number of hydrogen-bond acceptors (Lipinski definition) is 3. The number of hydrogen-bond donors (Lipinski definition) is 2. The molecule has 6 heteroatoms. The summed E-state index contributed by atoms with van der Waals surface area (Å²) in [6, 6.07) is 8.38. The minimum Gasteiger partial charge on any atom is -0.356 e. The third-order valence-electron chi connectivity index (χ3n) is 3.25. The zero-order chi connectivity index (χ0) is 15.9. The van der Waals surface area contributed by atoms with Gasteiger partial charge < -0.3 is 10.6 Å². The van der Waals surface area contributed by atoms with Crippen LogP contribution in [0.3, 0.4) is 0 Å². The molecule has 0 amide bonds. The fraction of sp³-hybridized carbons (Fsp3) is 0.375. The average Bonchev–Trinajstić information content (AvgIpc) is 2.92. The van der Waals surface area contributed by atoms with Crippen molar-refractivity contribution < 1.29 is 0 Å². The zero-order valence-electron chi connectivity index (χ0n) is 13.1. The molecule has 0 radical (unpaired) electrons. The summed E-state index contributed by atoms with van der Waals surface area (Å²) in [4.78, 5) is 9.90. The number of aromatic nitrogens is 1. The first-order valence-corrected chi connectivity index (χ1v) is 8.84. The van der Waals surface area contributed by atoms with Crippen LogP contribution in [0.15, 0.2) is 39.9 Å². The smallest absolute Gasteiger partial charge is 0.191 e. The molecule has 4 nitrogen and oxygen atoms in total. The van der Waals surface area contributed by atoms with Gasteiger partial charge in [-0.15, -0.1) is 11.3 Å². The van der Waals surface area contributed by atoms with Crippen molar-refractivity contribution in [2.24, 2.45) is 4.99 Å². The van der Waals surface area contributed by atoms with Gasteiger partial charge in [0.1, 0.15) is 0 Å². The Morgan fingerprint density at radius 1 is 1.41 bits per heavy atom. The van der Waals surface area contributed by atoms with Gasteiger partial charge in [-0.2, -0.15) is 0 Å². The number of halogens is 1. The van der Waals surface area contributed by atoms with Gasteiger partial charge in [0.05, 0.1) is 11.0 Å². The van der Waals surface area contributed by atoms with E-state index in [9.17, 15) is 0 Å². The molecule has 1 unspecified atom stereocenters. The molecule has 0 fully saturated rings. The second kappa shape index (κ2) is 8.29. The summed E-state index contributed by atoms with van der Waals surface area (Å²) >= 11 is 5.33. The molecule has 1 aromatic carbocycles. The summed E-state index contributed by atoms with van der Waals surface area (Å²) in [5.74, 6) is 0.802. The van der Waals surface area contributed by atoms with E-state index in [1.165, 1.54) is 10.4 Å². The molecule has 0 bridgehead atoms. The van der Waals surface area contributed by atoms with Crippen LogP contribution in [0.4, 0.5) is 0 Å². The molecule has 22 heavy (non-hydrogen) atoms. The molecule has 2 N–H and O–H groups in total. The van der Waals surface area contributed by atoms with E-state index in [4.69, 9.17) is 0 Å². The van der Waals surface area contributed by atoms with Gasteiger partial charge in [0.2, 0.25) is 0 Å². The molecule has 0 aliphatic carbocycles. The maximum atomic E-state index is 4.37. The van der Waals surface area contributed by atoms with Gasteiger partial charge in [0.25, 0.3) is 0 Å². The summed E-state index contributed by atoms with van der Waals surface area (Å²) < 4.78 is 1.10. The normalized spacial score (nSPS) is 13.0. The predicted molar refractivity (Wildman–Crippen MR) is 97.6 cm³/mol. The quantitative estimate of drug-likeness (QED) is 0.614. The number of nitrogens with one attached hydrogen (secondary N) is 2. The molecule has 118 valence electrons. The van der Waals surface area contributed by atoms with E-state index in [2.05, 4.69) is 62.5 Å². The Balaban J connectivity index is 1.86. The van der Waals surface area contributed by atoms with Crippen LogP contribution in [-0.4, -0.2) is 24.5 Å². The number of thiazole rings is 1. The van der Waals surface area contributed by atoms with E-state index in [1.54, 1.807) is 18.4 Å². The lowest BCUT2D eigenvalue weighted by Gasteiger charge is -2.19. The summed E-state index contributed by atoms with van der Waals surface area (Å²) in [6.07, 6.45) is 2.82. The summed E-state index contributed by atoms with van der Waals surface area (Å²) in [7, 11) is 1.79. The molecule has 0 aliphatic heterocycles. The first-order chi connectivity index (χ1) is 10.6. The van der Waals surface area contributed by atoms with E-state index in [-0.39, 0.29) is 6.04 Å². The van der Waals surface area contributed by atoms with Crippen molar-refractivity contribution in [3.63, 3.8) is 0 Å². The lowest BCUT2D eigenvalue weighted by Crippen LogP contribution is -2.39. The van der Waals surface area contributed by atoms with E-state index in [1.807, 2.05) is 18.3 Å². The Kier molecular flexibility index (Phi) is 6.39. The fourth-order valence-corrected chi connectivity index (χ4v) is 3.52. The van der Waals surface area contributed by atoms with Crippen molar-refractivity contribution in [2.75, 3.05) is 13.6 Å². The van der Waals surface area contributed by atoms with E-state index < -0.39 is 0 Å². The maximum absolute atomic E-state index is 4.37. The van der Waals surface area contributed by atoms with Gasteiger partial charge in [-0.1, -0.05) is 34.1 Å². The van der Waals surface area contributed by atoms with Gasteiger partial charge in [0, 0.05) is 35.6 Å². The highest BCUT2D eigenvalue weighted by molar-refractivity contribution is 9.10. The summed E-state index contributed by atoms with van der Waals surface area (Å²) in [6.45, 7) is 5.01. The molecular weight excluding hydrogens is 360 g/mol. The highest BCUT2D eigenvalue weighted by Crippen LogP contribution is 2.22. The summed E-state index contributed by atoms with van der Waals surface area (Å²) in [5, 5.41) is 7.90. The number of nitrogens with zero attached hydrogens (tertiary/aromatic N) is 2. The van der Waals surface area contributed by atoms with E-state index in [0.29, 0.717) is 0 Å². The van der Waals surface area contributed by atoms with Gasteiger partial charge in [0.15, 0.2) is 5.96 Å². The van der Waals surface area contributed by atoms with E-state index in [0.717, 1.165) is 28.4 Å². The monoisotopic (exact) mass is 380 g/mol. The minimum atomic E-state index is 0.170. The topological polar surface area (TPSA) is 49.3 Å². The van der Waals surface area contributed by atoms with Crippen LogP contribution >= 0.6 is 27.3 Å². The molecule has 1 aromatic heterocycles. The van der Waals surface area contributed by atoms with E-state index >= 15 is 0 Å². The molecule has 2 rings (SSSR count). The molecular formula is C16H21BrN4S. The van der Waals surface area contributed by atoms with Crippen molar-refractivity contribution in [3.05, 3.63) is 50.4 Å². The highest BCUT2D eigenvalue weighted by atomic mass is 79.9. The Hall–Kier alpha value is -1.40. The lowest BCUT2D eigenvalue weighted by molar-refractivity contribution is 0.681. The SMILES string of the molecule is CN=C(NCCc1ncc(C)s1)NC(C)c1ccccc1Br. The van der Waals surface area contributed by atoms with Crippen molar-refractivity contribution in [1.82, 2.24) is 15.6 Å². The first kappa shape index (κ1) is 17.0. The molecule has 2 aromatic rings. The number of aliphatic imine (C=N–C) groups is 1. The second-order valence-electron chi connectivity index (χ2n) is 5.00. The molecule has 0 saturated carbocycles. The highest BCUT2D eigenvalue weighted by Gasteiger charge is 2.10. The Morgan fingerprint density at radius 3 is 2.82 bits per heavy atom. The Bertz CT molecular complexity index is 639. The van der Waals surface area contributed by atoms with Crippen LogP contribution in [0.25, 0.3) is 0 Å². The second-order valence-corrected chi connectivity index (χ2v) is 7.17. The van der Waals surface area contributed by atoms with Crippen LogP contribution in [0.1, 0.15) is 28.4 Å². The van der Waals surface area contributed by atoms with Crippen LogP contribution < -0.4 is 10.6 Å². The number of rotatable bonds is 5. The van der Waals surface area contributed by atoms with Gasteiger partial charge >= 0.3 is 0 Å².